The molecular formula is C16H27O4-. The number of carboxylic acids is 1. The molecule has 0 N–H and O–H groups in total. The van der Waals surface area contributed by atoms with Gasteiger partial charge in [-0.15, -0.1) is 0 Å². The third-order valence-corrected chi connectivity index (χ3v) is 3.02. The van der Waals surface area contributed by atoms with E-state index >= 15 is 0 Å². The van der Waals surface area contributed by atoms with Gasteiger partial charge in [-0.25, -0.2) is 0 Å². The first-order valence-corrected chi connectivity index (χ1v) is 7.64. The first kappa shape index (κ1) is 18.7. The van der Waals surface area contributed by atoms with Crippen molar-refractivity contribution in [2.75, 3.05) is 6.61 Å². The fraction of sp³-hybridized carbons (Fsp3) is 0.750. The predicted octanol–water partition coefficient (Wildman–Crippen LogP) is 2.61. The maximum absolute atomic E-state index is 11.8. The molecule has 0 heterocycles. The quantitative estimate of drug-likeness (QED) is 0.314. The summed E-state index contributed by atoms with van der Waals surface area (Å²) in [6.07, 6.45) is 10.4. The third-order valence-electron chi connectivity index (χ3n) is 3.02. The van der Waals surface area contributed by atoms with Crippen LogP contribution in [-0.2, 0) is 14.3 Å². The highest BCUT2D eigenvalue weighted by molar-refractivity contribution is 5.80. The summed E-state index contributed by atoms with van der Waals surface area (Å²) >= 11 is 0. The summed E-state index contributed by atoms with van der Waals surface area (Å²) in [6.45, 7) is 4.50. The van der Waals surface area contributed by atoms with E-state index in [1.54, 1.807) is 6.08 Å². The van der Waals surface area contributed by atoms with Crippen LogP contribution in [-0.4, -0.2) is 18.5 Å². The number of aliphatic carboxylic acids is 1. The molecule has 0 aliphatic carbocycles. The van der Waals surface area contributed by atoms with Crippen molar-refractivity contribution in [3.8, 4) is 0 Å². The largest absolute Gasteiger partial charge is 0.550 e. The molecule has 0 aliphatic heterocycles. The Kier molecular flexibility index (Phi) is 11.9. The minimum atomic E-state index is -1.22. The lowest BCUT2D eigenvalue weighted by atomic mass is 10.0. The molecule has 0 radical (unpaired) electrons. The fourth-order valence-electron chi connectivity index (χ4n) is 1.78. The zero-order valence-corrected chi connectivity index (χ0v) is 12.7. The van der Waals surface area contributed by atoms with Crippen molar-refractivity contribution >= 4 is 11.9 Å². The highest BCUT2D eigenvalue weighted by Gasteiger charge is 2.16. The average molecular weight is 283 g/mol. The lowest BCUT2D eigenvalue weighted by Gasteiger charge is -2.13. The topological polar surface area (TPSA) is 66.4 Å². The Labute approximate surface area is 122 Å². The van der Waals surface area contributed by atoms with Gasteiger partial charge in [0.15, 0.2) is 0 Å². The zero-order valence-electron chi connectivity index (χ0n) is 12.7. The number of esters is 1. The number of carbonyl (C=O) groups excluding carboxylic acids is 2. The number of hydrogen-bond acceptors (Lipinski definition) is 4. The van der Waals surface area contributed by atoms with Crippen molar-refractivity contribution in [2.45, 2.75) is 65.2 Å². The molecule has 0 aliphatic rings. The number of carboxylic acid groups (broad SMARTS) is 1. The second-order valence-electron chi connectivity index (χ2n) is 4.98. The zero-order chi connectivity index (χ0) is 15.2. The Morgan fingerprint density at radius 1 is 1.10 bits per heavy atom. The van der Waals surface area contributed by atoms with E-state index in [9.17, 15) is 14.7 Å². The molecule has 0 rings (SSSR count). The maximum atomic E-state index is 11.8. The first-order valence-electron chi connectivity index (χ1n) is 7.64. The minimum Gasteiger partial charge on any atom is -0.550 e. The van der Waals surface area contributed by atoms with E-state index in [1.807, 2.05) is 13.0 Å². The van der Waals surface area contributed by atoms with Gasteiger partial charge in [-0.3, -0.25) is 4.79 Å². The van der Waals surface area contributed by atoms with Gasteiger partial charge in [0.1, 0.15) is 0 Å². The van der Waals surface area contributed by atoms with Gasteiger partial charge < -0.3 is 14.6 Å². The van der Waals surface area contributed by atoms with Gasteiger partial charge in [0.2, 0.25) is 0 Å². The molecule has 1 atom stereocenters. The lowest BCUT2D eigenvalue weighted by Crippen LogP contribution is -2.28. The smallest absolute Gasteiger partial charge is 0.313 e. The number of allylic oxidation sites excluding steroid dienone is 1. The van der Waals surface area contributed by atoms with Gasteiger partial charge in [0.05, 0.1) is 12.5 Å². The van der Waals surface area contributed by atoms with Crippen molar-refractivity contribution in [3.63, 3.8) is 0 Å². The van der Waals surface area contributed by atoms with Crippen LogP contribution in [0.2, 0.25) is 0 Å². The average Bonchev–Trinajstić information content (AvgIpc) is 2.41. The van der Waals surface area contributed by atoms with Gasteiger partial charge in [-0.2, -0.15) is 0 Å². The number of ether oxygens (including phenoxy) is 1. The number of rotatable bonds is 12. The molecule has 0 spiro atoms. The highest BCUT2D eigenvalue weighted by atomic mass is 16.5. The molecule has 20 heavy (non-hydrogen) atoms. The van der Waals surface area contributed by atoms with Crippen molar-refractivity contribution < 1.29 is 19.4 Å². The third kappa shape index (κ3) is 10.6. The van der Waals surface area contributed by atoms with Gasteiger partial charge in [-0.05, 0) is 19.3 Å². The Morgan fingerprint density at radius 3 is 2.40 bits per heavy atom. The van der Waals surface area contributed by atoms with Crippen LogP contribution in [0, 0.1) is 5.92 Å². The summed E-state index contributed by atoms with van der Waals surface area (Å²) < 4.78 is 5.06. The molecule has 0 aromatic rings. The summed E-state index contributed by atoms with van der Waals surface area (Å²) in [4.78, 5) is 22.4. The summed E-state index contributed by atoms with van der Waals surface area (Å²) in [6, 6.07) is 0. The molecule has 4 nitrogen and oxygen atoms in total. The van der Waals surface area contributed by atoms with E-state index in [2.05, 4.69) is 6.92 Å². The van der Waals surface area contributed by atoms with Gasteiger partial charge >= 0.3 is 5.97 Å². The number of hydrogen-bond donors (Lipinski definition) is 0. The number of carbonyl (C=O) groups is 2. The highest BCUT2D eigenvalue weighted by Crippen LogP contribution is 2.10. The SMILES string of the molecule is CCCCCCC=CC(CC(=O)[O-])C(=O)OCCCC. The molecule has 0 bridgehead atoms. The van der Waals surface area contributed by atoms with Gasteiger partial charge in [0.25, 0.3) is 0 Å². The Morgan fingerprint density at radius 2 is 1.80 bits per heavy atom. The molecule has 1 unspecified atom stereocenters. The normalized spacial score (nSPS) is 12.5. The van der Waals surface area contributed by atoms with E-state index < -0.39 is 17.9 Å². The molecule has 116 valence electrons. The summed E-state index contributed by atoms with van der Waals surface area (Å²) in [5.74, 6) is -2.41. The van der Waals surface area contributed by atoms with Crippen LogP contribution in [0.4, 0.5) is 0 Å². The second-order valence-corrected chi connectivity index (χ2v) is 4.98. The second kappa shape index (κ2) is 12.7. The minimum absolute atomic E-state index is 0.309. The van der Waals surface area contributed by atoms with Crippen molar-refractivity contribution in [1.82, 2.24) is 0 Å². The van der Waals surface area contributed by atoms with Crippen LogP contribution in [0.3, 0.4) is 0 Å². The van der Waals surface area contributed by atoms with Gasteiger partial charge in [-0.1, -0.05) is 51.7 Å². The van der Waals surface area contributed by atoms with E-state index in [-0.39, 0.29) is 6.42 Å². The Balaban J connectivity index is 4.15. The van der Waals surface area contributed by atoms with Crippen LogP contribution in [0.5, 0.6) is 0 Å². The van der Waals surface area contributed by atoms with Crippen molar-refractivity contribution in [1.29, 1.82) is 0 Å². The Bertz CT molecular complexity index is 297. The predicted molar refractivity (Wildman–Crippen MR) is 76.9 cm³/mol. The summed E-state index contributed by atoms with van der Waals surface area (Å²) in [7, 11) is 0. The van der Waals surface area contributed by atoms with Gasteiger partial charge in [0, 0.05) is 12.4 Å². The van der Waals surface area contributed by atoms with Crippen molar-refractivity contribution in [3.05, 3.63) is 12.2 Å². The van der Waals surface area contributed by atoms with Crippen LogP contribution in [0.15, 0.2) is 12.2 Å². The molecule has 0 aromatic heterocycles. The molecule has 0 saturated carbocycles. The standard InChI is InChI=1S/C16H28O4/c1-3-5-7-8-9-10-11-14(13-15(17)18)16(19)20-12-6-4-2/h10-11,14H,3-9,12-13H2,1-2H3,(H,17,18)/p-1. The summed E-state index contributed by atoms with van der Waals surface area (Å²) in [5, 5.41) is 10.7. The first-order chi connectivity index (χ1) is 9.61. The molecule has 0 fully saturated rings. The van der Waals surface area contributed by atoms with E-state index in [4.69, 9.17) is 4.74 Å². The molecule has 0 saturated heterocycles. The van der Waals surface area contributed by atoms with E-state index in [0.29, 0.717) is 6.61 Å². The van der Waals surface area contributed by atoms with Crippen LogP contribution >= 0.6 is 0 Å². The number of unbranched alkanes of at least 4 members (excludes halogenated alkanes) is 5. The maximum Gasteiger partial charge on any atom is 0.313 e. The molecule has 0 aromatic carbocycles. The molecular weight excluding hydrogens is 256 g/mol. The van der Waals surface area contributed by atoms with Crippen molar-refractivity contribution in [2.24, 2.45) is 5.92 Å². The van der Waals surface area contributed by atoms with Crippen LogP contribution in [0.25, 0.3) is 0 Å². The fourth-order valence-corrected chi connectivity index (χ4v) is 1.78. The Hall–Kier alpha value is -1.32. The van der Waals surface area contributed by atoms with E-state index in [0.717, 1.165) is 32.1 Å². The van der Waals surface area contributed by atoms with Crippen LogP contribution in [0.1, 0.15) is 65.2 Å². The van der Waals surface area contributed by atoms with Crippen LogP contribution < -0.4 is 5.11 Å². The summed E-state index contributed by atoms with van der Waals surface area (Å²) in [5.41, 5.74) is 0. The van der Waals surface area contributed by atoms with E-state index in [1.165, 1.54) is 12.8 Å². The molecule has 0 amide bonds. The monoisotopic (exact) mass is 283 g/mol. The lowest BCUT2D eigenvalue weighted by molar-refractivity contribution is -0.306. The molecule has 4 heteroatoms.